The van der Waals surface area contributed by atoms with Gasteiger partial charge < -0.3 is 10.1 Å². The van der Waals surface area contributed by atoms with Gasteiger partial charge in [-0.25, -0.2) is 0 Å². The van der Waals surface area contributed by atoms with E-state index in [9.17, 15) is 0 Å². The highest BCUT2D eigenvalue weighted by molar-refractivity contribution is 4.64. The second-order valence-electron chi connectivity index (χ2n) is 3.98. The van der Waals surface area contributed by atoms with E-state index in [1.54, 1.807) is 0 Å². The van der Waals surface area contributed by atoms with Crippen LogP contribution in [0, 0.1) is 5.92 Å². The van der Waals surface area contributed by atoms with E-state index in [0.29, 0.717) is 0 Å². The van der Waals surface area contributed by atoms with E-state index in [-0.39, 0.29) is 0 Å². The van der Waals surface area contributed by atoms with Crippen LogP contribution in [0.25, 0.3) is 0 Å². The van der Waals surface area contributed by atoms with Gasteiger partial charge >= 0.3 is 0 Å². The molecule has 1 aliphatic rings. The predicted molar refractivity (Wildman–Crippen MR) is 55.9 cm³/mol. The van der Waals surface area contributed by atoms with Crippen LogP contribution in [-0.2, 0) is 4.74 Å². The van der Waals surface area contributed by atoms with Gasteiger partial charge in [0.25, 0.3) is 0 Å². The first kappa shape index (κ1) is 11.0. The Bertz CT molecular complexity index is 111. The summed E-state index contributed by atoms with van der Waals surface area (Å²) in [5.74, 6) is 0.867. The highest BCUT2D eigenvalue weighted by atomic mass is 16.5. The third-order valence-corrected chi connectivity index (χ3v) is 2.67. The van der Waals surface area contributed by atoms with Gasteiger partial charge in [-0.05, 0) is 44.7 Å². The van der Waals surface area contributed by atoms with Crippen LogP contribution in [-0.4, -0.2) is 26.3 Å². The van der Waals surface area contributed by atoms with Crippen molar-refractivity contribution >= 4 is 0 Å². The summed E-state index contributed by atoms with van der Waals surface area (Å²) in [5.41, 5.74) is 0. The fourth-order valence-electron chi connectivity index (χ4n) is 1.80. The summed E-state index contributed by atoms with van der Waals surface area (Å²) in [6, 6.07) is 0. The number of unbranched alkanes of at least 4 members (excludes halogenated alkanes) is 1. The molecule has 0 amide bonds. The molecular weight excluding hydrogens is 162 g/mol. The van der Waals surface area contributed by atoms with Gasteiger partial charge in [-0.1, -0.05) is 13.3 Å². The zero-order valence-electron chi connectivity index (χ0n) is 8.85. The molecule has 0 spiro atoms. The fraction of sp³-hybridized carbons (Fsp3) is 1.00. The van der Waals surface area contributed by atoms with E-state index in [0.717, 1.165) is 19.1 Å². The summed E-state index contributed by atoms with van der Waals surface area (Å²) in [5, 5.41) is 3.43. The van der Waals surface area contributed by atoms with E-state index in [4.69, 9.17) is 4.74 Å². The molecule has 0 bridgehead atoms. The van der Waals surface area contributed by atoms with Gasteiger partial charge in [-0.2, -0.15) is 0 Å². The summed E-state index contributed by atoms with van der Waals surface area (Å²) in [4.78, 5) is 0. The molecule has 1 rings (SSSR count). The molecule has 0 radical (unpaired) electrons. The Morgan fingerprint density at radius 2 is 2.23 bits per heavy atom. The van der Waals surface area contributed by atoms with Gasteiger partial charge in [0, 0.05) is 13.2 Å². The highest BCUT2D eigenvalue weighted by Gasteiger charge is 2.14. The summed E-state index contributed by atoms with van der Waals surface area (Å²) in [6.45, 7) is 6.60. The minimum atomic E-state index is 0.867. The lowest BCUT2D eigenvalue weighted by molar-refractivity contribution is 0.183. The molecule has 1 N–H and O–H groups in total. The van der Waals surface area contributed by atoms with Gasteiger partial charge in [0.2, 0.25) is 0 Å². The first-order valence-corrected chi connectivity index (χ1v) is 5.72. The number of ether oxygens (including phenoxy) is 1. The van der Waals surface area contributed by atoms with Gasteiger partial charge in [0.15, 0.2) is 0 Å². The third-order valence-electron chi connectivity index (χ3n) is 2.67. The Balaban J connectivity index is 1.78. The van der Waals surface area contributed by atoms with Crippen molar-refractivity contribution in [2.75, 3.05) is 26.3 Å². The lowest BCUT2D eigenvalue weighted by Crippen LogP contribution is -2.16. The van der Waals surface area contributed by atoms with E-state index in [1.807, 2.05) is 0 Å². The monoisotopic (exact) mass is 185 g/mol. The van der Waals surface area contributed by atoms with Crippen molar-refractivity contribution in [3.05, 3.63) is 0 Å². The number of hydrogen-bond donors (Lipinski definition) is 1. The molecule has 0 saturated carbocycles. The third kappa shape index (κ3) is 5.27. The SMILES string of the molecule is CCCNCCCCC1CCOC1. The van der Waals surface area contributed by atoms with Crippen LogP contribution in [0.1, 0.15) is 39.0 Å². The second-order valence-corrected chi connectivity index (χ2v) is 3.98. The highest BCUT2D eigenvalue weighted by Crippen LogP contribution is 2.18. The second kappa shape index (κ2) is 7.34. The molecule has 1 fully saturated rings. The molecule has 0 aromatic heterocycles. The quantitative estimate of drug-likeness (QED) is 0.614. The lowest BCUT2D eigenvalue weighted by atomic mass is 10.0. The molecule has 1 aliphatic heterocycles. The molecule has 0 aliphatic carbocycles. The topological polar surface area (TPSA) is 21.3 Å². The fourth-order valence-corrected chi connectivity index (χ4v) is 1.80. The molecule has 2 heteroatoms. The molecule has 13 heavy (non-hydrogen) atoms. The summed E-state index contributed by atoms with van der Waals surface area (Å²) in [6.07, 6.45) is 6.61. The van der Waals surface area contributed by atoms with Crippen LogP contribution in [0.15, 0.2) is 0 Å². The Morgan fingerprint density at radius 1 is 1.31 bits per heavy atom. The normalized spacial score (nSPS) is 22.4. The van der Waals surface area contributed by atoms with Crippen molar-refractivity contribution in [3.63, 3.8) is 0 Å². The van der Waals surface area contributed by atoms with Crippen molar-refractivity contribution in [1.82, 2.24) is 5.32 Å². The smallest absolute Gasteiger partial charge is 0.0495 e. The average Bonchev–Trinajstić information content (AvgIpc) is 2.63. The molecule has 1 unspecified atom stereocenters. The number of hydrogen-bond acceptors (Lipinski definition) is 2. The molecule has 2 nitrogen and oxygen atoms in total. The zero-order chi connectivity index (χ0) is 9.36. The van der Waals surface area contributed by atoms with Crippen LogP contribution < -0.4 is 5.32 Å². The predicted octanol–water partition coefficient (Wildman–Crippen LogP) is 2.19. The Hall–Kier alpha value is -0.0800. The van der Waals surface area contributed by atoms with Gasteiger partial charge in [-0.15, -0.1) is 0 Å². The molecule has 1 saturated heterocycles. The zero-order valence-corrected chi connectivity index (χ0v) is 8.85. The van der Waals surface area contributed by atoms with E-state index in [1.165, 1.54) is 45.2 Å². The van der Waals surface area contributed by atoms with E-state index in [2.05, 4.69) is 12.2 Å². The number of nitrogens with one attached hydrogen (secondary N) is 1. The first-order chi connectivity index (χ1) is 6.43. The van der Waals surface area contributed by atoms with E-state index >= 15 is 0 Å². The van der Waals surface area contributed by atoms with Crippen LogP contribution in [0.5, 0.6) is 0 Å². The largest absolute Gasteiger partial charge is 0.381 e. The molecule has 1 atom stereocenters. The standard InChI is InChI=1S/C11H23NO/c1-2-7-12-8-4-3-5-11-6-9-13-10-11/h11-12H,2-10H2,1H3. The molecular formula is C11H23NO. The molecule has 78 valence electrons. The minimum absolute atomic E-state index is 0.867. The summed E-state index contributed by atoms with van der Waals surface area (Å²) in [7, 11) is 0. The first-order valence-electron chi connectivity index (χ1n) is 5.72. The Labute approximate surface area is 82.0 Å². The summed E-state index contributed by atoms with van der Waals surface area (Å²) >= 11 is 0. The summed E-state index contributed by atoms with van der Waals surface area (Å²) < 4.78 is 5.34. The Morgan fingerprint density at radius 3 is 2.92 bits per heavy atom. The molecule has 0 aromatic carbocycles. The van der Waals surface area contributed by atoms with E-state index < -0.39 is 0 Å². The minimum Gasteiger partial charge on any atom is -0.381 e. The molecule has 0 aromatic rings. The maximum Gasteiger partial charge on any atom is 0.0495 e. The van der Waals surface area contributed by atoms with Gasteiger partial charge in [0.05, 0.1) is 0 Å². The Kier molecular flexibility index (Phi) is 6.21. The van der Waals surface area contributed by atoms with Crippen molar-refractivity contribution in [1.29, 1.82) is 0 Å². The van der Waals surface area contributed by atoms with Gasteiger partial charge in [-0.3, -0.25) is 0 Å². The molecule has 1 heterocycles. The van der Waals surface area contributed by atoms with Gasteiger partial charge in [0.1, 0.15) is 0 Å². The maximum absolute atomic E-state index is 5.34. The van der Waals surface area contributed by atoms with Crippen LogP contribution in [0.2, 0.25) is 0 Å². The average molecular weight is 185 g/mol. The van der Waals surface area contributed by atoms with Crippen molar-refractivity contribution in [3.8, 4) is 0 Å². The van der Waals surface area contributed by atoms with Crippen molar-refractivity contribution in [2.45, 2.75) is 39.0 Å². The van der Waals surface area contributed by atoms with Crippen LogP contribution >= 0.6 is 0 Å². The maximum atomic E-state index is 5.34. The lowest BCUT2D eigenvalue weighted by Gasteiger charge is -2.07. The van der Waals surface area contributed by atoms with Crippen LogP contribution in [0.3, 0.4) is 0 Å². The number of rotatable bonds is 7. The van der Waals surface area contributed by atoms with Crippen molar-refractivity contribution in [2.24, 2.45) is 5.92 Å². The van der Waals surface area contributed by atoms with Crippen LogP contribution in [0.4, 0.5) is 0 Å². The van der Waals surface area contributed by atoms with Crippen molar-refractivity contribution < 1.29 is 4.74 Å².